The van der Waals surface area contributed by atoms with Crippen molar-refractivity contribution in [2.24, 2.45) is 5.41 Å². The van der Waals surface area contributed by atoms with Crippen LogP contribution in [0.5, 0.6) is 0 Å². The van der Waals surface area contributed by atoms with E-state index in [1.807, 2.05) is 14.0 Å². The third-order valence-corrected chi connectivity index (χ3v) is 4.20. The van der Waals surface area contributed by atoms with E-state index in [2.05, 4.69) is 20.6 Å². The first-order valence-corrected chi connectivity index (χ1v) is 7.05. The number of aliphatic hydroxyl groups excluding tert-OH is 1. The Morgan fingerprint density at radius 3 is 2.53 bits per heavy atom. The van der Waals surface area contributed by atoms with Gasteiger partial charge in [0.15, 0.2) is 0 Å². The first-order valence-electron chi connectivity index (χ1n) is 7.05. The van der Waals surface area contributed by atoms with Crippen LogP contribution in [-0.4, -0.2) is 35.3 Å². The van der Waals surface area contributed by atoms with Gasteiger partial charge in [-0.1, -0.05) is 19.3 Å². The molecule has 1 heterocycles. The molecule has 3 N–H and O–H groups in total. The lowest BCUT2D eigenvalue weighted by molar-refractivity contribution is 0.0943. The molecule has 0 bridgehead atoms. The quantitative estimate of drug-likeness (QED) is 0.760. The molecule has 0 saturated heterocycles. The van der Waals surface area contributed by atoms with Gasteiger partial charge in [-0.15, -0.1) is 0 Å². The van der Waals surface area contributed by atoms with Crippen LogP contribution in [0.25, 0.3) is 0 Å². The second-order valence-corrected chi connectivity index (χ2v) is 5.52. The van der Waals surface area contributed by atoms with Gasteiger partial charge in [-0.05, 0) is 19.8 Å². The first kappa shape index (κ1) is 14.1. The summed E-state index contributed by atoms with van der Waals surface area (Å²) in [7, 11) is 1.86. The monoisotopic (exact) mass is 264 g/mol. The molecule has 0 aromatic carbocycles. The molecule has 1 aromatic heterocycles. The Morgan fingerprint density at radius 1 is 1.21 bits per heavy atom. The second kappa shape index (κ2) is 6.19. The van der Waals surface area contributed by atoms with Gasteiger partial charge < -0.3 is 15.7 Å². The molecular formula is C14H24N4O. The predicted octanol–water partition coefficient (Wildman–Crippen LogP) is 2.18. The molecule has 0 atom stereocenters. The lowest BCUT2D eigenvalue weighted by atomic mass is 9.74. The Hall–Kier alpha value is -1.36. The van der Waals surface area contributed by atoms with Gasteiger partial charge in [0.25, 0.3) is 0 Å². The van der Waals surface area contributed by atoms with Gasteiger partial charge in [-0.25, -0.2) is 9.97 Å². The van der Waals surface area contributed by atoms with Crippen molar-refractivity contribution in [3.8, 4) is 0 Å². The van der Waals surface area contributed by atoms with Crippen molar-refractivity contribution >= 4 is 11.6 Å². The highest BCUT2D eigenvalue weighted by Gasteiger charge is 2.31. The van der Waals surface area contributed by atoms with Crippen molar-refractivity contribution in [3.63, 3.8) is 0 Å². The minimum atomic E-state index is 0.0233. The Bertz CT molecular complexity index is 416. The molecule has 5 heteroatoms. The van der Waals surface area contributed by atoms with Gasteiger partial charge in [0, 0.05) is 24.6 Å². The van der Waals surface area contributed by atoms with E-state index in [0.29, 0.717) is 0 Å². The van der Waals surface area contributed by atoms with Crippen molar-refractivity contribution in [3.05, 3.63) is 11.9 Å². The fourth-order valence-corrected chi connectivity index (χ4v) is 2.84. The maximum absolute atomic E-state index is 9.70. The van der Waals surface area contributed by atoms with Gasteiger partial charge in [0.1, 0.15) is 18.0 Å². The molecule has 19 heavy (non-hydrogen) atoms. The van der Waals surface area contributed by atoms with Crippen LogP contribution in [-0.2, 0) is 0 Å². The highest BCUT2D eigenvalue weighted by Crippen LogP contribution is 2.36. The van der Waals surface area contributed by atoms with Crippen LogP contribution < -0.4 is 10.6 Å². The fraction of sp³-hybridized carbons (Fsp3) is 0.714. The predicted molar refractivity (Wildman–Crippen MR) is 77.4 cm³/mol. The van der Waals surface area contributed by atoms with Gasteiger partial charge in [0.2, 0.25) is 0 Å². The molecule has 5 nitrogen and oxygen atoms in total. The smallest absolute Gasteiger partial charge is 0.134 e. The Kier molecular flexibility index (Phi) is 4.58. The van der Waals surface area contributed by atoms with Crippen molar-refractivity contribution in [2.45, 2.75) is 39.0 Å². The molecule has 0 unspecified atom stereocenters. The number of anilines is 2. The highest BCUT2D eigenvalue weighted by molar-refractivity contribution is 5.56. The Morgan fingerprint density at radius 2 is 1.89 bits per heavy atom. The number of rotatable bonds is 5. The van der Waals surface area contributed by atoms with Crippen LogP contribution in [0.15, 0.2) is 6.33 Å². The molecule has 1 aliphatic carbocycles. The summed E-state index contributed by atoms with van der Waals surface area (Å²) in [6, 6.07) is 0. The average Bonchev–Trinajstić information content (AvgIpc) is 2.47. The maximum atomic E-state index is 9.70. The number of nitrogens with one attached hydrogen (secondary N) is 2. The number of hydrogen-bond donors (Lipinski definition) is 3. The maximum Gasteiger partial charge on any atom is 0.134 e. The minimum Gasteiger partial charge on any atom is -0.396 e. The summed E-state index contributed by atoms with van der Waals surface area (Å²) in [6.45, 7) is 3.04. The normalized spacial score (nSPS) is 18.1. The molecule has 2 rings (SSSR count). The SMILES string of the molecule is CNc1ncnc(NCC2(CO)CCCCC2)c1C. The number of aliphatic hydroxyl groups is 1. The van der Waals surface area contributed by atoms with Crippen LogP contribution >= 0.6 is 0 Å². The third kappa shape index (κ3) is 3.15. The van der Waals surface area contributed by atoms with Crippen LogP contribution in [0.1, 0.15) is 37.7 Å². The largest absolute Gasteiger partial charge is 0.396 e. The van der Waals surface area contributed by atoms with Crippen LogP contribution in [0, 0.1) is 12.3 Å². The summed E-state index contributed by atoms with van der Waals surface area (Å²) in [6.07, 6.45) is 7.48. The highest BCUT2D eigenvalue weighted by atomic mass is 16.3. The van der Waals surface area contributed by atoms with Crippen LogP contribution in [0.3, 0.4) is 0 Å². The molecule has 1 aliphatic rings. The zero-order valence-corrected chi connectivity index (χ0v) is 11.9. The van der Waals surface area contributed by atoms with Gasteiger partial charge >= 0.3 is 0 Å². The van der Waals surface area contributed by atoms with Crippen molar-refractivity contribution in [1.82, 2.24) is 9.97 Å². The van der Waals surface area contributed by atoms with Gasteiger partial charge in [0.05, 0.1) is 6.61 Å². The topological polar surface area (TPSA) is 70.1 Å². The lowest BCUT2D eigenvalue weighted by Crippen LogP contribution is -2.35. The van der Waals surface area contributed by atoms with Crippen LogP contribution in [0.4, 0.5) is 11.6 Å². The van der Waals surface area contributed by atoms with E-state index in [1.54, 1.807) is 6.33 Å². The number of nitrogens with zero attached hydrogens (tertiary/aromatic N) is 2. The summed E-state index contributed by atoms with van der Waals surface area (Å²) in [5.41, 5.74) is 1.05. The standard InChI is InChI=1S/C14H24N4O/c1-11-12(15-2)17-10-18-13(11)16-8-14(9-19)6-4-3-5-7-14/h10,19H,3-9H2,1-2H3,(H2,15,16,17,18). The van der Waals surface area contributed by atoms with E-state index in [4.69, 9.17) is 0 Å². The van der Waals surface area contributed by atoms with E-state index >= 15 is 0 Å². The molecule has 1 saturated carbocycles. The Balaban J connectivity index is 2.05. The molecule has 1 fully saturated rings. The van der Waals surface area contributed by atoms with Crippen molar-refractivity contribution in [2.75, 3.05) is 30.8 Å². The minimum absolute atomic E-state index is 0.0233. The van der Waals surface area contributed by atoms with Gasteiger partial charge in [-0.3, -0.25) is 0 Å². The zero-order valence-electron chi connectivity index (χ0n) is 11.9. The molecule has 0 amide bonds. The summed E-state index contributed by atoms with van der Waals surface area (Å²) >= 11 is 0. The number of hydrogen-bond acceptors (Lipinski definition) is 5. The van der Waals surface area contributed by atoms with Gasteiger partial charge in [-0.2, -0.15) is 0 Å². The molecule has 0 spiro atoms. The molecule has 106 valence electrons. The van der Waals surface area contributed by atoms with E-state index in [9.17, 15) is 5.11 Å². The van der Waals surface area contributed by atoms with E-state index in [1.165, 1.54) is 19.3 Å². The van der Waals surface area contributed by atoms with E-state index in [-0.39, 0.29) is 12.0 Å². The third-order valence-electron chi connectivity index (χ3n) is 4.20. The summed E-state index contributed by atoms with van der Waals surface area (Å²) in [5.74, 6) is 1.71. The van der Waals surface area contributed by atoms with Crippen molar-refractivity contribution in [1.29, 1.82) is 0 Å². The number of aromatic nitrogens is 2. The van der Waals surface area contributed by atoms with Crippen LogP contribution in [0.2, 0.25) is 0 Å². The lowest BCUT2D eigenvalue weighted by Gasteiger charge is -2.36. The summed E-state index contributed by atoms with van der Waals surface area (Å²) < 4.78 is 0. The second-order valence-electron chi connectivity index (χ2n) is 5.52. The molecule has 0 aliphatic heterocycles. The molecule has 1 aromatic rings. The fourth-order valence-electron chi connectivity index (χ4n) is 2.84. The van der Waals surface area contributed by atoms with E-state index < -0.39 is 0 Å². The summed E-state index contributed by atoms with van der Waals surface area (Å²) in [4.78, 5) is 8.47. The first-order chi connectivity index (χ1) is 9.21. The van der Waals surface area contributed by atoms with E-state index in [0.717, 1.165) is 36.6 Å². The Labute approximate surface area is 114 Å². The van der Waals surface area contributed by atoms with Crippen molar-refractivity contribution < 1.29 is 5.11 Å². The molecule has 0 radical (unpaired) electrons. The molecular weight excluding hydrogens is 240 g/mol. The average molecular weight is 264 g/mol. The zero-order chi connectivity index (χ0) is 13.7. The summed E-state index contributed by atoms with van der Waals surface area (Å²) in [5, 5.41) is 16.2.